The van der Waals surface area contributed by atoms with E-state index in [2.05, 4.69) is 10.3 Å². The highest BCUT2D eigenvalue weighted by atomic mass is 19.4. The van der Waals surface area contributed by atoms with E-state index in [1.54, 1.807) is 42.5 Å². The molecule has 3 nitrogen and oxygen atoms in total. The molecule has 120 valence electrons. The van der Waals surface area contributed by atoms with Crippen molar-refractivity contribution in [1.29, 1.82) is 0 Å². The number of amides is 1. The van der Waals surface area contributed by atoms with Crippen LogP contribution in [0.15, 0.2) is 48.5 Å². The number of carbonyl (C=O) groups is 1. The summed E-state index contributed by atoms with van der Waals surface area (Å²) in [5, 5.41) is 3.17. The minimum Gasteiger partial charge on any atom is -0.351 e. The van der Waals surface area contributed by atoms with Crippen LogP contribution in [-0.4, -0.2) is 18.7 Å². The average molecular weight is 328 g/mol. The molecule has 0 unspecified atom stereocenters. The topological polar surface area (TPSA) is 44.9 Å². The smallest absolute Gasteiger partial charge is 0.351 e. The van der Waals surface area contributed by atoms with E-state index in [0.717, 1.165) is 6.07 Å². The van der Waals surface area contributed by atoms with Crippen LogP contribution >= 0.6 is 0 Å². The molecule has 0 aliphatic carbocycles. The van der Waals surface area contributed by atoms with E-state index in [1.807, 2.05) is 0 Å². The summed E-state index contributed by atoms with van der Waals surface area (Å²) in [5.74, 6) is -0.278. The predicted octanol–water partition coefficient (Wildman–Crippen LogP) is 2.91. The van der Waals surface area contributed by atoms with E-state index in [4.69, 9.17) is 7.85 Å². The first-order chi connectivity index (χ1) is 11.3. The molecule has 0 bridgehead atoms. The summed E-state index contributed by atoms with van der Waals surface area (Å²) in [6.45, 7) is 0.214. The number of halogens is 3. The third-order valence-electron chi connectivity index (χ3n) is 3.62. The maximum Gasteiger partial charge on any atom is 0.431 e. The largest absolute Gasteiger partial charge is 0.431 e. The number of H-pyrrole nitrogens is 1. The molecular formula is C17H12BF3N2O. The molecule has 2 radical (unpaired) electrons. The quantitative estimate of drug-likeness (QED) is 0.714. The standard InChI is InChI=1S/C17H12BF3N2O/c18-13-4-2-11(3-5-13)16(24)22-9-10-1-6-14-12(7-10)8-15(23-14)17(19,20)21/h1-8,23H,9H2,(H,22,24). The van der Waals surface area contributed by atoms with Gasteiger partial charge in [0.05, 0.1) is 0 Å². The van der Waals surface area contributed by atoms with Gasteiger partial charge in [0.15, 0.2) is 0 Å². The Balaban J connectivity index is 1.73. The van der Waals surface area contributed by atoms with Crippen molar-refractivity contribution < 1.29 is 18.0 Å². The number of benzene rings is 2. The highest BCUT2D eigenvalue weighted by Gasteiger charge is 2.32. The van der Waals surface area contributed by atoms with Crippen LogP contribution in [0.5, 0.6) is 0 Å². The molecular weight excluding hydrogens is 316 g/mol. The molecule has 3 rings (SSSR count). The molecule has 7 heteroatoms. The monoisotopic (exact) mass is 328 g/mol. The van der Waals surface area contributed by atoms with E-state index >= 15 is 0 Å². The lowest BCUT2D eigenvalue weighted by atomic mass is 9.95. The van der Waals surface area contributed by atoms with Gasteiger partial charge < -0.3 is 10.3 Å². The number of aromatic amines is 1. The number of fused-ring (bicyclic) bond motifs is 1. The maximum atomic E-state index is 12.7. The van der Waals surface area contributed by atoms with Gasteiger partial charge in [-0.1, -0.05) is 35.8 Å². The maximum absolute atomic E-state index is 12.7. The van der Waals surface area contributed by atoms with Gasteiger partial charge in [-0.05, 0) is 23.8 Å². The van der Waals surface area contributed by atoms with E-state index in [1.165, 1.54) is 0 Å². The second-order valence-electron chi connectivity index (χ2n) is 5.41. The van der Waals surface area contributed by atoms with Gasteiger partial charge in [-0.3, -0.25) is 4.79 Å². The SMILES string of the molecule is [B]c1ccc(C(=O)NCc2ccc3[nH]c(C(F)(F)F)cc3c2)cc1. The minimum atomic E-state index is -4.41. The molecule has 0 atom stereocenters. The molecule has 0 fully saturated rings. The molecule has 3 aromatic rings. The van der Waals surface area contributed by atoms with Crippen LogP contribution in [0.2, 0.25) is 0 Å². The molecule has 1 aromatic heterocycles. The number of hydrogen-bond donors (Lipinski definition) is 2. The van der Waals surface area contributed by atoms with E-state index in [9.17, 15) is 18.0 Å². The Labute approximate surface area is 137 Å². The normalized spacial score (nSPS) is 11.6. The van der Waals surface area contributed by atoms with Gasteiger partial charge in [-0.25, -0.2) is 0 Å². The van der Waals surface area contributed by atoms with Crippen LogP contribution < -0.4 is 10.8 Å². The van der Waals surface area contributed by atoms with Crippen molar-refractivity contribution in [3.05, 3.63) is 65.4 Å². The molecule has 0 spiro atoms. The van der Waals surface area contributed by atoms with Crippen LogP contribution in [0.1, 0.15) is 21.6 Å². The number of aromatic nitrogens is 1. The van der Waals surface area contributed by atoms with Crippen molar-refractivity contribution in [2.75, 3.05) is 0 Å². The Bertz CT molecular complexity index is 885. The second kappa shape index (κ2) is 6.07. The lowest BCUT2D eigenvalue weighted by molar-refractivity contribution is -0.140. The minimum absolute atomic E-state index is 0.214. The number of alkyl halides is 3. The molecule has 0 aliphatic rings. The number of carbonyl (C=O) groups excluding carboxylic acids is 1. The summed E-state index contributed by atoms with van der Waals surface area (Å²) >= 11 is 0. The van der Waals surface area contributed by atoms with Crippen molar-refractivity contribution in [3.8, 4) is 0 Å². The summed E-state index contributed by atoms with van der Waals surface area (Å²) in [6, 6.07) is 12.4. The van der Waals surface area contributed by atoms with Crippen LogP contribution in [0.4, 0.5) is 13.2 Å². The lowest BCUT2D eigenvalue weighted by Crippen LogP contribution is -2.23. The van der Waals surface area contributed by atoms with Gasteiger partial charge in [-0.15, -0.1) is 0 Å². The fourth-order valence-corrected chi connectivity index (χ4v) is 2.36. The van der Waals surface area contributed by atoms with Crippen molar-refractivity contribution in [3.63, 3.8) is 0 Å². The highest BCUT2D eigenvalue weighted by molar-refractivity contribution is 6.32. The zero-order valence-electron chi connectivity index (χ0n) is 12.4. The van der Waals surface area contributed by atoms with Gasteiger partial charge in [0.1, 0.15) is 13.5 Å². The first-order valence-electron chi connectivity index (χ1n) is 7.15. The molecule has 0 saturated carbocycles. The number of nitrogens with one attached hydrogen (secondary N) is 2. The van der Waals surface area contributed by atoms with Crippen LogP contribution in [0, 0.1) is 0 Å². The van der Waals surface area contributed by atoms with Crippen molar-refractivity contribution in [1.82, 2.24) is 10.3 Å². The van der Waals surface area contributed by atoms with E-state index in [-0.39, 0.29) is 12.5 Å². The number of hydrogen-bond acceptors (Lipinski definition) is 1. The summed E-state index contributed by atoms with van der Waals surface area (Å²) in [6.07, 6.45) is -4.41. The lowest BCUT2D eigenvalue weighted by Gasteiger charge is -2.06. The molecule has 24 heavy (non-hydrogen) atoms. The third-order valence-corrected chi connectivity index (χ3v) is 3.62. The van der Waals surface area contributed by atoms with Crippen molar-refractivity contribution in [2.45, 2.75) is 12.7 Å². The molecule has 0 aliphatic heterocycles. The van der Waals surface area contributed by atoms with Crippen molar-refractivity contribution in [2.24, 2.45) is 0 Å². The highest BCUT2D eigenvalue weighted by Crippen LogP contribution is 2.31. The first kappa shape index (κ1) is 16.2. The van der Waals surface area contributed by atoms with Gasteiger partial charge >= 0.3 is 6.18 Å². The van der Waals surface area contributed by atoms with Crippen LogP contribution in [0.25, 0.3) is 10.9 Å². The molecule has 2 aromatic carbocycles. The van der Waals surface area contributed by atoms with Gasteiger partial charge in [0.25, 0.3) is 5.91 Å². The predicted molar refractivity (Wildman–Crippen MR) is 86.3 cm³/mol. The molecule has 1 heterocycles. The van der Waals surface area contributed by atoms with Crippen LogP contribution in [0.3, 0.4) is 0 Å². The molecule has 0 saturated heterocycles. The number of rotatable bonds is 3. The summed E-state index contributed by atoms with van der Waals surface area (Å²) in [7, 11) is 5.56. The molecule has 2 N–H and O–H groups in total. The summed E-state index contributed by atoms with van der Waals surface area (Å²) < 4.78 is 38.1. The fourth-order valence-electron chi connectivity index (χ4n) is 2.36. The Kier molecular flexibility index (Phi) is 4.09. The summed E-state index contributed by atoms with van der Waals surface area (Å²) in [4.78, 5) is 14.4. The molecule has 1 amide bonds. The first-order valence-corrected chi connectivity index (χ1v) is 7.15. The van der Waals surface area contributed by atoms with E-state index < -0.39 is 11.9 Å². The zero-order chi connectivity index (χ0) is 17.3. The summed E-state index contributed by atoms with van der Waals surface area (Å²) in [5.41, 5.74) is 1.34. The average Bonchev–Trinajstić information content (AvgIpc) is 2.97. The Morgan fingerprint density at radius 2 is 1.79 bits per heavy atom. The zero-order valence-corrected chi connectivity index (χ0v) is 12.4. The third kappa shape index (κ3) is 3.45. The Morgan fingerprint density at radius 3 is 2.46 bits per heavy atom. The Morgan fingerprint density at radius 1 is 1.08 bits per heavy atom. The second-order valence-corrected chi connectivity index (χ2v) is 5.41. The van der Waals surface area contributed by atoms with Crippen molar-refractivity contribution >= 4 is 30.1 Å². The fraction of sp³-hybridized carbons (Fsp3) is 0.118. The van der Waals surface area contributed by atoms with Gasteiger partial charge in [-0.2, -0.15) is 13.2 Å². The van der Waals surface area contributed by atoms with E-state index in [0.29, 0.717) is 27.5 Å². The van der Waals surface area contributed by atoms with Gasteiger partial charge in [0.2, 0.25) is 0 Å². The van der Waals surface area contributed by atoms with Gasteiger partial charge in [0, 0.05) is 23.0 Å². The Hall–Kier alpha value is -2.70. The van der Waals surface area contributed by atoms with Crippen LogP contribution in [-0.2, 0) is 12.7 Å².